The summed E-state index contributed by atoms with van der Waals surface area (Å²) in [7, 11) is 1.35. The second kappa shape index (κ2) is 6.72. The van der Waals surface area contributed by atoms with Gasteiger partial charge in [-0.15, -0.1) is 0 Å². The van der Waals surface area contributed by atoms with E-state index >= 15 is 0 Å². The number of benzene rings is 1. The number of rotatable bonds is 6. The first-order valence-corrected chi connectivity index (χ1v) is 5.73. The Bertz CT molecular complexity index is 476. The highest BCUT2D eigenvalue weighted by molar-refractivity contribution is 5.73. The highest BCUT2D eigenvalue weighted by Gasteiger charge is 2.17. The van der Waals surface area contributed by atoms with Crippen molar-refractivity contribution in [3.63, 3.8) is 0 Å². The molecule has 0 bridgehead atoms. The Morgan fingerprint density at radius 2 is 2.16 bits per heavy atom. The highest BCUT2D eigenvalue weighted by atomic mass is 19.1. The number of hydrogen-bond donors (Lipinski definition) is 2. The lowest BCUT2D eigenvalue weighted by Crippen LogP contribution is -2.27. The molecule has 1 aromatic carbocycles. The molecule has 1 atom stereocenters. The van der Waals surface area contributed by atoms with Crippen LogP contribution in [0, 0.1) is 5.82 Å². The van der Waals surface area contributed by atoms with Gasteiger partial charge in [-0.05, 0) is 17.7 Å². The van der Waals surface area contributed by atoms with E-state index in [4.69, 9.17) is 9.84 Å². The van der Waals surface area contributed by atoms with Gasteiger partial charge in [0.15, 0.2) is 11.6 Å². The van der Waals surface area contributed by atoms with E-state index in [1.165, 1.54) is 26.2 Å². The molecule has 0 spiro atoms. The van der Waals surface area contributed by atoms with Crippen molar-refractivity contribution in [2.75, 3.05) is 13.7 Å². The average molecular weight is 269 g/mol. The van der Waals surface area contributed by atoms with E-state index in [0.717, 1.165) is 0 Å². The van der Waals surface area contributed by atoms with Gasteiger partial charge in [0.25, 0.3) is 0 Å². The number of methoxy groups -OCH3 is 1. The number of ether oxygens (including phenoxy) is 1. The van der Waals surface area contributed by atoms with Crippen molar-refractivity contribution in [3.05, 3.63) is 29.6 Å². The van der Waals surface area contributed by atoms with Crippen molar-refractivity contribution in [2.24, 2.45) is 0 Å². The molecule has 6 heteroatoms. The molecule has 0 radical (unpaired) electrons. The summed E-state index contributed by atoms with van der Waals surface area (Å²) < 4.78 is 18.4. The first-order chi connectivity index (χ1) is 8.93. The number of hydrogen-bond acceptors (Lipinski definition) is 3. The summed E-state index contributed by atoms with van der Waals surface area (Å²) in [6.07, 6.45) is -0.188. The van der Waals surface area contributed by atoms with E-state index in [9.17, 15) is 14.0 Å². The fraction of sp³-hybridized carbons (Fsp3) is 0.385. The van der Waals surface area contributed by atoms with Crippen LogP contribution >= 0.6 is 0 Å². The Morgan fingerprint density at radius 1 is 1.47 bits per heavy atom. The third kappa shape index (κ3) is 4.57. The van der Waals surface area contributed by atoms with Gasteiger partial charge in [0, 0.05) is 19.4 Å². The van der Waals surface area contributed by atoms with Crippen molar-refractivity contribution in [2.45, 2.75) is 19.3 Å². The van der Waals surface area contributed by atoms with Gasteiger partial charge in [0.2, 0.25) is 5.91 Å². The van der Waals surface area contributed by atoms with Gasteiger partial charge in [-0.1, -0.05) is 6.07 Å². The Balaban J connectivity index is 2.92. The van der Waals surface area contributed by atoms with Crippen LogP contribution in [-0.2, 0) is 9.59 Å². The third-order valence-corrected chi connectivity index (χ3v) is 2.67. The number of carbonyl (C=O) groups is 2. The lowest BCUT2D eigenvalue weighted by Gasteiger charge is -2.16. The summed E-state index contributed by atoms with van der Waals surface area (Å²) >= 11 is 0. The van der Waals surface area contributed by atoms with Crippen LogP contribution in [0.15, 0.2) is 18.2 Å². The van der Waals surface area contributed by atoms with Gasteiger partial charge in [0.05, 0.1) is 13.5 Å². The first-order valence-electron chi connectivity index (χ1n) is 5.73. The summed E-state index contributed by atoms with van der Waals surface area (Å²) in [4.78, 5) is 21.7. The number of carboxylic acids is 1. The van der Waals surface area contributed by atoms with Crippen molar-refractivity contribution in [1.29, 1.82) is 0 Å². The Morgan fingerprint density at radius 3 is 2.63 bits per heavy atom. The zero-order valence-corrected chi connectivity index (χ0v) is 10.8. The lowest BCUT2D eigenvalue weighted by molar-refractivity contribution is -0.137. The molecule has 0 aliphatic heterocycles. The number of nitrogens with one attached hydrogen (secondary N) is 1. The van der Waals surface area contributed by atoms with Gasteiger partial charge in [-0.25, -0.2) is 4.39 Å². The lowest BCUT2D eigenvalue weighted by atomic mass is 9.95. The minimum absolute atomic E-state index is 0.0948. The van der Waals surface area contributed by atoms with Crippen LogP contribution in [0.1, 0.15) is 24.8 Å². The molecule has 19 heavy (non-hydrogen) atoms. The largest absolute Gasteiger partial charge is 0.494 e. The Labute approximate surface area is 110 Å². The fourth-order valence-electron chi connectivity index (χ4n) is 1.72. The number of carboxylic acid groups (broad SMARTS) is 1. The third-order valence-electron chi connectivity index (χ3n) is 2.67. The van der Waals surface area contributed by atoms with E-state index in [2.05, 4.69) is 5.32 Å². The molecule has 0 saturated heterocycles. The first kappa shape index (κ1) is 14.9. The van der Waals surface area contributed by atoms with Crippen LogP contribution < -0.4 is 10.1 Å². The Kier molecular flexibility index (Phi) is 5.29. The maximum Gasteiger partial charge on any atom is 0.304 e. The average Bonchev–Trinajstić information content (AvgIpc) is 2.33. The summed E-state index contributed by atoms with van der Waals surface area (Å²) in [6.45, 7) is 1.49. The number of aliphatic carboxylic acids is 1. The SMILES string of the molecule is COc1ccc(C(CNC(C)=O)CC(=O)O)cc1F. The second-order valence-corrected chi connectivity index (χ2v) is 4.13. The standard InChI is InChI=1S/C13H16FNO4/c1-8(16)15-7-10(6-13(17)18)9-3-4-12(19-2)11(14)5-9/h3-5,10H,6-7H2,1-2H3,(H,15,16)(H,17,18). The maximum absolute atomic E-state index is 13.6. The van der Waals surface area contributed by atoms with Gasteiger partial charge >= 0.3 is 5.97 Å². The van der Waals surface area contributed by atoms with Crippen molar-refractivity contribution in [3.8, 4) is 5.75 Å². The van der Waals surface area contributed by atoms with Crippen LogP contribution in [0.2, 0.25) is 0 Å². The second-order valence-electron chi connectivity index (χ2n) is 4.13. The summed E-state index contributed by atoms with van der Waals surface area (Å²) in [6, 6.07) is 4.26. The molecule has 1 amide bonds. The maximum atomic E-state index is 13.6. The minimum atomic E-state index is -1.01. The summed E-state index contributed by atoms with van der Waals surface area (Å²) in [5, 5.41) is 11.4. The summed E-state index contributed by atoms with van der Waals surface area (Å²) in [5.41, 5.74) is 0.509. The van der Waals surface area contributed by atoms with Gasteiger partial charge in [-0.3, -0.25) is 9.59 Å². The molecular weight excluding hydrogens is 253 g/mol. The number of carbonyl (C=O) groups excluding carboxylic acids is 1. The molecule has 1 unspecified atom stereocenters. The molecule has 0 aliphatic rings. The summed E-state index contributed by atoms with van der Waals surface area (Å²) in [5.74, 6) is -2.21. The van der Waals surface area contributed by atoms with E-state index in [1.54, 1.807) is 6.07 Å². The normalized spacial score (nSPS) is 11.7. The molecule has 0 heterocycles. The quantitative estimate of drug-likeness (QED) is 0.821. The monoisotopic (exact) mass is 269 g/mol. The molecule has 0 fully saturated rings. The van der Waals surface area contributed by atoms with Crippen molar-refractivity contribution in [1.82, 2.24) is 5.32 Å². The van der Waals surface area contributed by atoms with Gasteiger partial charge in [-0.2, -0.15) is 0 Å². The van der Waals surface area contributed by atoms with E-state index in [-0.39, 0.29) is 24.6 Å². The zero-order chi connectivity index (χ0) is 14.4. The van der Waals surface area contributed by atoms with E-state index < -0.39 is 17.7 Å². The van der Waals surface area contributed by atoms with E-state index in [1.807, 2.05) is 0 Å². The Hall–Kier alpha value is -2.11. The van der Waals surface area contributed by atoms with E-state index in [0.29, 0.717) is 5.56 Å². The van der Waals surface area contributed by atoms with Crippen LogP contribution in [0.5, 0.6) is 5.75 Å². The minimum Gasteiger partial charge on any atom is -0.494 e. The smallest absolute Gasteiger partial charge is 0.304 e. The molecule has 0 aromatic heterocycles. The van der Waals surface area contributed by atoms with Gasteiger partial charge < -0.3 is 15.2 Å². The zero-order valence-electron chi connectivity index (χ0n) is 10.8. The van der Waals surface area contributed by atoms with Crippen LogP contribution in [-0.4, -0.2) is 30.6 Å². The molecule has 5 nitrogen and oxygen atoms in total. The topological polar surface area (TPSA) is 75.6 Å². The van der Waals surface area contributed by atoms with Crippen LogP contribution in [0.3, 0.4) is 0 Å². The van der Waals surface area contributed by atoms with Crippen LogP contribution in [0.25, 0.3) is 0 Å². The van der Waals surface area contributed by atoms with Crippen LogP contribution in [0.4, 0.5) is 4.39 Å². The van der Waals surface area contributed by atoms with Crippen molar-refractivity contribution < 1.29 is 23.8 Å². The predicted molar refractivity (Wildman–Crippen MR) is 66.6 cm³/mol. The number of halogens is 1. The molecule has 1 aromatic rings. The van der Waals surface area contributed by atoms with Crippen molar-refractivity contribution >= 4 is 11.9 Å². The predicted octanol–water partition coefficient (Wildman–Crippen LogP) is 1.53. The van der Waals surface area contributed by atoms with Gasteiger partial charge in [0.1, 0.15) is 0 Å². The fourth-order valence-corrected chi connectivity index (χ4v) is 1.72. The number of amides is 1. The molecule has 0 aliphatic carbocycles. The molecular formula is C13H16FNO4. The molecule has 0 saturated carbocycles. The highest BCUT2D eigenvalue weighted by Crippen LogP contribution is 2.25. The molecule has 2 N–H and O–H groups in total. The molecule has 1 rings (SSSR count). The molecule has 104 valence electrons.